The molecule has 1 fully saturated rings. The highest BCUT2D eigenvalue weighted by molar-refractivity contribution is 5.91. The van der Waals surface area contributed by atoms with Gasteiger partial charge >= 0.3 is 5.97 Å². The van der Waals surface area contributed by atoms with Crippen molar-refractivity contribution >= 4 is 11.9 Å². The number of carbonyl (C=O) groups is 2. The standard InChI is InChI=1S/C12H11F2NO3/c1-6(16)18-12(11(15)17)5-8(12)7-2-3-9(13)10(14)4-7/h2-4,8H,5H2,1H3,(H2,15,17). The molecular formula is C12H11F2NO3. The molecule has 0 aliphatic heterocycles. The molecule has 2 rings (SSSR count). The second-order valence-electron chi connectivity index (χ2n) is 4.28. The van der Waals surface area contributed by atoms with Crippen molar-refractivity contribution in [2.24, 2.45) is 5.73 Å². The minimum atomic E-state index is -1.42. The van der Waals surface area contributed by atoms with Crippen LogP contribution < -0.4 is 5.73 Å². The first kappa shape index (κ1) is 12.5. The number of hydrogen-bond acceptors (Lipinski definition) is 3. The van der Waals surface area contributed by atoms with Crippen LogP contribution in [0.1, 0.15) is 24.8 Å². The van der Waals surface area contributed by atoms with Gasteiger partial charge in [0.2, 0.25) is 0 Å². The summed E-state index contributed by atoms with van der Waals surface area (Å²) in [6, 6.07) is 3.29. The van der Waals surface area contributed by atoms with Gasteiger partial charge in [0.05, 0.1) is 0 Å². The lowest BCUT2D eigenvalue weighted by molar-refractivity contribution is -0.155. The summed E-state index contributed by atoms with van der Waals surface area (Å²) in [4.78, 5) is 22.3. The van der Waals surface area contributed by atoms with Crippen LogP contribution in [-0.4, -0.2) is 17.5 Å². The number of ether oxygens (including phenoxy) is 1. The van der Waals surface area contributed by atoms with Crippen molar-refractivity contribution in [2.45, 2.75) is 24.9 Å². The van der Waals surface area contributed by atoms with Gasteiger partial charge < -0.3 is 10.5 Å². The van der Waals surface area contributed by atoms with Gasteiger partial charge in [-0.25, -0.2) is 8.78 Å². The minimum absolute atomic E-state index is 0.187. The van der Waals surface area contributed by atoms with Crippen LogP contribution in [0.15, 0.2) is 18.2 Å². The Labute approximate surface area is 102 Å². The average Bonchev–Trinajstić information content (AvgIpc) is 2.97. The zero-order valence-corrected chi connectivity index (χ0v) is 9.57. The number of nitrogens with two attached hydrogens (primary N) is 1. The van der Waals surface area contributed by atoms with Gasteiger partial charge in [0.1, 0.15) is 0 Å². The lowest BCUT2D eigenvalue weighted by atomic mass is 10.1. The average molecular weight is 255 g/mol. The molecular weight excluding hydrogens is 244 g/mol. The van der Waals surface area contributed by atoms with E-state index in [0.29, 0.717) is 5.56 Å². The fourth-order valence-corrected chi connectivity index (χ4v) is 2.05. The third-order valence-corrected chi connectivity index (χ3v) is 3.00. The molecule has 6 heteroatoms. The lowest BCUT2D eigenvalue weighted by Crippen LogP contribution is -2.36. The topological polar surface area (TPSA) is 69.4 Å². The Hall–Kier alpha value is -1.98. The van der Waals surface area contributed by atoms with Gasteiger partial charge in [-0.2, -0.15) is 0 Å². The third-order valence-electron chi connectivity index (χ3n) is 3.00. The number of hydrogen-bond donors (Lipinski definition) is 1. The SMILES string of the molecule is CC(=O)OC1(C(N)=O)CC1c1ccc(F)c(F)c1. The highest BCUT2D eigenvalue weighted by Crippen LogP contribution is 2.54. The molecule has 0 heterocycles. The van der Waals surface area contributed by atoms with E-state index >= 15 is 0 Å². The van der Waals surface area contributed by atoms with E-state index in [1.807, 2.05) is 0 Å². The predicted octanol–water partition coefficient (Wildman–Crippen LogP) is 1.24. The second-order valence-corrected chi connectivity index (χ2v) is 4.28. The molecule has 2 N–H and O–H groups in total. The van der Waals surface area contributed by atoms with Crippen molar-refractivity contribution in [1.29, 1.82) is 0 Å². The third kappa shape index (κ3) is 1.94. The maximum absolute atomic E-state index is 13.1. The van der Waals surface area contributed by atoms with E-state index in [2.05, 4.69) is 0 Å². The number of amides is 1. The molecule has 96 valence electrons. The van der Waals surface area contributed by atoms with Gasteiger partial charge in [-0.05, 0) is 17.7 Å². The van der Waals surface area contributed by atoms with E-state index < -0.39 is 35.0 Å². The van der Waals surface area contributed by atoms with Crippen LogP contribution >= 0.6 is 0 Å². The van der Waals surface area contributed by atoms with Crippen molar-refractivity contribution in [2.75, 3.05) is 0 Å². The Morgan fingerprint density at radius 2 is 2.06 bits per heavy atom. The lowest BCUT2D eigenvalue weighted by Gasteiger charge is -2.13. The molecule has 2 unspecified atom stereocenters. The first-order valence-electron chi connectivity index (χ1n) is 5.31. The summed E-state index contributed by atoms with van der Waals surface area (Å²) in [6.45, 7) is 1.16. The summed E-state index contributed by atoms with van der Waals surface area (Å²) in [5.41, 5.74) is 4.16. The summed E-state index contributed by atoms with van der Waals surface area (Å²) in [6.07, 6.45) is 0.187. The van der Waals surface area contributed by atoms with Gasteiger partial charge in [-0.1, -0.05) is 6.07 Å². The molecule has 1 aromatic rings. The number of primary amides is 1. The maximum atomic E-state index is 13.1. The molecule has 2 atom stereocenters. The van der Waals surface area contributed by atoms with Crippen molar-refractivity contribution in [3.8, 4) is 0 Å². The Morgan fingerprint density at radius 3 is 2.56 bits per heavy atom. The molecule has 1 aliphatic rings. The molecule has 0 saturated heterocycles. The molecule has 18 heavy (non-hydrogen) atoms. The molecule has 4 nitrogen and oxygen atoms in total. The van der Waals surface area contributed by atoms with Crippen molar-refractivity contribution in [3.05, 3.63) is 35.4 Å². The Kier molecular flexibility index (Phi) is 2.80. The van der Waals surface area contributed by atoms with E-state index in [1.54, 1.807) is 0 Å². The molecule has 0 aromatic heterocycles. The molecule has 1 aliphatic carbocycles. The van der Waals surface area contributed by atoms with E-state index in [0.717, 1.165) is 19.1 Å². The summed E-state index contributed by atoms with van der Waals surface area (Å²) in [5, 5.41) is 0. The van der Waals surface area contributed by atoms with Crippen LogP contribution in [0.3, 0.4) is 0 Å². The van der Waals surface area contributed by atoms with Crippen molar-refractivity contribution in [1.82, 2.24) is 0 Å². The van der Waals surface area contributed by atoms with Gasteiger partial charge in [0.15, 0.2) is 17.2 Å². The van der Waals surface area contributed by atoms with Crippen LogP contribution in [0.5, 0.6) is 0 Å². The van der Waals surface area contributed by atoms with Crippen LogP contribution in [0, 0.1) is 11.6 Å². The smallest absolute Gasteiger partial charge is 0.303 e. The van der Waals surface area contributed by atoms with Crippen LogP contribution in [0.4, 0.5) is 8.78 Å². The van der Waals surface area contributed by atoms with Crippen molar-refractivity contribution < 1.29 is 23.1 Å². The maximum Gasteiger partial charge on any atom is 0.303 e. The molecule has 0 bridgehead atoms. The zero-order chi connectivity index (χ0) is 13.5. The molecule has 0 radical (unpaired) electrons. The fraction of sp³-hybridized carbons (Fsp3) is 0.333. The normalized spacial score (nSPS) is 25.6. The number of carbonyl (C=O) groups excluding carboxylic acids is 2. The highest BCUT2D eigenvalue weighted by atomic mass is 19.2. The van der Waals surface area contributed by atoms with Gasteiger partial charge in [-0.3, -0.25) is 9.59 Å². The number of benzene rings is 1. The largest absolute Gasteiger partial charge is 0.448 e. The summed E-state index contributed by atoms with van der Waals surface area (Å²) in [5.74, 6) is -3.93. The Bertz CT molecular complexity index is 532. The van der Waals surface area contributed by atoms with E-state index in [-0.39, 0.29) is 6.42 Å². The number of esters is 1. The van der Waals surface area contributed by atoms with Crippen LogP contribution in [0.25, 0.3) is 0 Å². The monoisotopic (exact) mass is 255 g/mol. The Balaban J connectivity index is 2.28. The van der Waals surface area contributed by atoms with Gasteiger partial charge in [-0.15, -0.1) is 0 Å². The molecule has 1 aromatic carbocycles. The van der Waals surface area contributed by atoms with Crippen molar-refractivity contribution in [3.63, 3.8) is 0 Å². The summed E-state index contributed by atoms with van der Waals surface area (Å²) < 4.78 is 30.8. The fourth-order valence-electron chi connectivity index (χ4n) is 2.05. The minimum Gasteiger partial charge on any atom is -0.448 e. The predicted molar refractivity (Wildman–Crippen MR) is 57.4 cm³/mol. The first-order chi connectivity index (χ1) is 8.36. The molecule has 1 saturated carbocycles. The zero-order valence-electron chi connectivity index (χ0n) is 9.57. The molecule has 0 spiro atoms. The van der Waals surface area contributed by atoms with Crippen LogP contribution in [-0.2, 0) is 14.3 Å². The number of halogens is 2. The number of rotatable bonds is 3. The Morgan fingerprint density at radius 1 is 1.39 bits per heavy atom. The summed E-state index contributed by atoms with van der Waals surface area (Å²) >= 11 is 0. The first-order valence-corrected chi connectivity index (χ1v) is 5.31. The second kappa shape index (κ2) is 4.04. The van der Waals surface area contributed by atoms with E-state index in [9.17, 15) is 18.4 Å². The van der Waals surface area contributed by atoms with E-state index in [1.165, 1.54) is 6.07 Å². The van der Waals surface area contributed by atoms with Gasteiger partial charge in [0, 0.05) is 19.3 Å². The molecule has 1 amide bonds. The summed E-state index contributed by atoms with van der Waals surface area (Å²) in [7, 11) is 0. The van der Waals surface area contributed by atoms with Crippen LogP contribution in [0.2, 0.25) is 0 Å². The van der Waals surface area contributed by atoms with Gasteiger partial charge in [0.25, 0.3) is 5.91 Å². The highest BCUT2D eigenvalue weighted by Gasteiger charge is 2.63. The van der Waals surface area contributed by atoms with E-state index in [4.69, 9.17) is 10.5 Å². The quantitative estimate of drug-likeness (QED) is 0.826.